The van der Waals surface area contributed by atoms with Gasteiger partial charge in [0.15, 0.2) is 6.61 Å². The Morgan fingerprint density at radius 2 is 1.95 bits per heavy atom. The molecule has 1 rings (SSSR count). The van der Waals surface area contributed by atoms with Crippen LogP contribution in [0.3, 0.4) is 0 Å². The lowest BCUT2D eigenvalue weighted by Crippen LogP contribution is -2.44. The summed E-state index contributed by atoms with van der Waals surface area (Å²) in [6, 6.07) is -0.161. The monoisotopic (exact) mass is 537 g/mol. The lowest BCUT2D eigenvalue weighted by molar-refractivity contribution is -0.164. The maximum atomic E-state index is 14.3. The third kappa shape index (κ3) is 10.4. The molecule has 1 heterocycles. The molecule has 0 radical (unpaired) electrons. The number of carboxylic acid groups (broad SMARTS) is 1. The van der Waals surface area contributed by atoms with Gasteiger partial charge in [0.05, 0.1) is 17.4 Å². The van der Waals surface area contributed by atoms with Crippen molar-refractivity contribution in [3.63, 3.8) is 0 Å². The van der Waals surface area contributed by atoms with Gasteiger partial charge in [0.1, 0.15) is 5.83 Å². The van der Waals surface area contributed by atoms with Crippen molar-refractivity contribution in [2.75, 3.05) is 26.7 Å². The number of nitrogens with zero attached hydrogens (tertiary/aromatic N) is 2. The fourth-order valence-electron chi connectivity index (χ4n) is 3.79. The molecule has 0 amide bonds. The van der Waals surface area contributed by atoms with Crippen molar-refractivity contribution in [3.05, 3.63) is 94.9 Å². The predicted molar refractivity (Wildman–Crippen MR) is 143 cm³/mol. The van der Waals surface area contributed by atoms with Crippen LogP contribution in [0.15, 0.2) is 99.9 Å². The highest BCUT2D eigenvalue weighted by Gasteiger charge is 2.28. The van der Waals surface area contributed by atoms with Gasteiger partial charge in [0, 0.05) is 30.6 Å². The number of ether oxygens (including phenoxy) is 1. The molecule has 1 atom stereocenters. The van der Waals surface area contributed by atoms with Crippen molar-refractivity contribution >= 4 is 12.7 Å². The van der Waals surface area contributed by atoms with Crippen molar-refractivity contribution in [2.45, 2.75) is 39.4 Å². The van der Waals surface area contributed by atoms with Gasteiger partial charge in [-0.2, -0.15) is 13.2 Å². The number of hydrogen-bond acceptors (Lipinski definition) is 5. The molecule has 10 heteroatoms. The van der Waals surface area contributed by atoms with Crippen LogP contribution in [0.2, 0.25) is 0 Å². The second-order valence-electron chi connectivity index (χ2n) is 8.65. The Hall–Kier alpha value is -3.66. The predicted octanol–water partition coefficient (Wildman–Crippen LogP) is 6.17. The van der Waals surface area contributed by atoms with E-state index in [0.717, 1.165) is 11.1 Å². The van der Waals surface area contributed by atoms with Crippen molar-refractivity contribution in [1.29, 1.82) is 0 Å². The van der Waals surface area contributed by atoms with Crippen LogP contribution in [-0.2, 0) is 9.53 Å². The van der Waals surface area contributed by atoms with E-state index in [4.69, 9.17) is 0 Å². The molecule has 6 nitrogen and oxygen atoms in total. The normalized spacial score (nSPS) is 18.8. The third-order valence-corrected chi connectivity index (χ3v) is 5.81. The van der Waals surface area contributed by atoms with Crippen molar-refractivity contribution in [3.8, 4) is 0 Å². The van der Waals surface area contributed by atoms with E-state index in [9.17, 15) is 27.5 Å². The molecule has 0 saturated heterocycles. The molecule has 1 aliphatic heterocycles. The number of rotatable bonds is 13. The standard InChI is InChI=1S/C28H35F4N3O3/c1-8-23-22(15-18(2)24(20(4)29)10-9-19(3)38-17-28(30,31)32)12-14-35(7)26(23)16-34-21(5)25(27(36)37)11-13-33-6/h8-11,13,15,26,34H,1,4,6,12,14,16-17H2,2-3,5,7H3,(H,36,37)/b13-11-,18-15+,19-9+,24-10-,25-21-/t26-/m1/s1. The lowest BCUT2D eigenvalue weighted by Gasteiger charge is -2.35. The summed E-state index contributed by atoms with van der Waals surface area (Å²) in [4.78, 5) is 17.2. The van der Waals surface area contributed by atoms with E-state index in [-0.39, 0.29) is 22.9 Å². The molecule has 1 aliphatic rings. The van der Waals surface area contributed by atoms with Crippen LogP contribution in [0.25, 0.3) is 0 Å². The van der Waals surface area contributed by atoms with Gasteiger partial charge >= 0.3 is 12.1 Å². The number of alkyl halides is 3. The fraction of sp³-hybridized carbons (Fsp3) is 0.357. The van der Waals surface area contributed by atoms with Gasteiger partial charge in [-0.15, -0.1) is 0 Å². The minimum absolute atomic E-state index is 0.0202. The molecular formula is C28H35F4N3O3. The molecule has 0 fully saturated rings. The second-order valence-corrected chi connectivity index (χ2v) is 8.65. The van der Waals surface area contributed by atoms with Crippen LogP contribution < -0.4 is 5.32 Å². The molecule has 0 spiro atoms. The van der Waals surface area contributed by atoms with Crippen LogP contribution in [0, 0.1) is 0 Å². The van der Waals surface area contributed by atoms with Crippen LogP contribution >= 0.6 is 0 Å². The molecule has 38 heavy (non-hydrogen) atoms. The molecule has 0 aromatic heterocycles. The van der Waals surface area contributed by atoms with E-state index in [0.29, 0.717) is 30.8 Å². The molecular weight excluding hydrogens is 502 g/mol. The number of carboxylic acids is 1. The largest absolute Gasteiger partial charge is 0.489 e. The summed E-state index contributed by atoms with van der Waals surface area (Å²) in [7, 11) is 1.94. The zero-order valence-electron chi connectivity index (χ0n) is 22.2. The number of carbonyl (C=O) groups is 1. The smallest absolute Gasteiger partial charge is 0.422 e. The molecule has 0 saturated carbocycles. The Balaban J connectivity index is 3.31. The van der Waals surface area contributed by atoms with Gasteiger partial charge in [-0.3, -0.25) is 9.89 Å². The third-order valence-electron chi connectivity index (χ3n) is 5.81. The summed E-state index contributed by atoms with van der Waals surface area (Å²) in [6.07, 6.45) is 4.92. The van der Waals surface area contributed by atoms with E-state index in [1.807, 2.05) is 7.05 Å². The van der Waals surface area contributed by atoms with Gasteiger partial charge < -0.3 is 15.2 Å². The molecule has 0 bridgehead atoms. The SMILES string of the molecule is C=CC1=C(/C=C(C)/C(=C/C=C(\C)OCC(F)(F)F)C(=C)F)CCN(C)[C@@H]1CN/C(C)=C(/C=C\N=C)C(=O)O. The molecule has 2 N–H and O–H groups in total. The summed E-state index contributed by atoms with van der Waals surface area (Å²) in [5.41, 5.74) is 2.92. The average Bonchev–Trinajstić information content (AvgIpc) is 2.82. The van der Waals surface area contributed by atoms with E-state index < -0.39 is 24.6 Å². The Kier molecular flexibility index (Phi) is 12.7. The summed E-state index contributed by atoms with van der Waals surface area (Å²) in [5.74, 6) is -1.87. The topological polar surface area (TPSA) is 74.2 Å². The molecule has 0 unspecified atom stereocenters. The first kappa shape index (κ1) is 32.4. The average molecular weight is 538 g/mol. The van der Waals surface area contributed by atoms with Gasteiger partial charge in [-0.05, 0) is 75.9 Å². The Labute approximate surface area is 221 Å². The first-order valence-electron chi connectivity index (χ1n) is 11.7. The van der Waals surface area contributed by atoms with Crippen LogP contribution in [0.1, 0.15) is 27.2 Å². The number of nitrogens with one attached hydrogen (secondary N) is 1. The number of allylic oxidation sites excluding steroid dienone is 8. The minimum Gasteiger partial charge on any atom is -0.489 e. The zero-order valence-corrected chi connectivity index (χ0v) is 22.2. The van der Waals surface area contributed by atoms with E-state index in [2.05, 4.69) is 39.8 Å². The van der Waals surface area contributed by atoms with Crippen molar-refractivity contribution in [2.24, 2.45) is 4.99 Å². The molecule has 0 aliphatic carbocycles. The summed E-state index contributed by atoms with van der Waals surface area (Å²) < 4.78 is 56.1. The van der Waals surface area contributed by atoms with Gasteiger partial charge in [-0.25, -0.2) is 9.18 Å². The number of halogens is 4. The summed E-state index contributed by atoms with van der Waals surface area (Å²) in [5, 5.41) is 12.6. The fourth-order valence-corrected chi connectivity index (χ4v) is 3.79. The summed E-state index contributed by atoms with van der Waals surface area (Å²) >= 11 is 0. The van der Waals surface area contributed by atoms with Gasteiger partial charge in [0.25, 0.3) is 0 Å². The van der Waals surface area contributed by atoms with Crippen LogP contribution in [0.5, 0.6) is 0 Å². The number of aliphatic imine (C=N–C) groups is 1. The Morgan fingerprint density at radius 3 is 2.47 bits per heavy atom. The maximum absolute atomic E-state index is 14.3. The van der Waals surface area contributed by atoms with Crippen LogP contribution in [0.4, 0.5) is 17.6 Å². The lowest BCUT2D eigenvalue weighted by atomic mass is 9.90. The van der Waals surface area contributed by atoms with E-state index in [1.54, 1.807) is 26.0 Å². The summed E-state index contributed by atoms with van der Waals surface area (Å²) in [6.45, 7) is 14.9. The quantitative estimate of drug-likeness (QED) is 0.0966. The zero-order chi connectivity index (χ0) is 29.0. The van der Waals surface area contributed by atoms with Gasteiger partial charge in [0.2, 0.25) is 0 Å². The van der Waals surface area contributed by atoms with Crippen molar-refractivity contribution < 1.29 is 32.2 Å². The molecule has 0 aromatic rings. The van der Waals surface area contributed by atoms with Crippen molar-refractivity contribution in [1.82, 2.24) is 10.2 Å². The minimum atomic E-state index is -4.47. The first-order chi connectivity index (χ1) is 17.7. The molecule has 208 valence electrons. The van der Waals surface area contributed by atoms with E-state index in [1.165, 1.54) is 31.4 Å². The number of hydrogen-bond donors (Lipinski definition) is 2. The second kappa shape index (κ2) is 14.9. The van der Waals surface area contributed by atoms with E-state index >= 15 is 0 Å². The maximum Gasteiger partial charge on any atom is 0.422 e. The highest BCUT2D eigenvalue weighted by Crippen LogP contribution is 2.29. The Bertz CT molecular complexity index is 1110. The number of likely N-dealkylation sites (N-methyl/N-ethyl adjacent to an activating group) is 1. The van der Waals surface area contributed by atoms with Gasteiger partial charge in [-0.1, -0.05) is 25.3 Å². The Morgan fingerprint density at radius 1 is 1.29 bits per heavy atom. The van der Waals surface area contributed by atoms with Crippen LogP contribution in [-0.4, -0.2) is 61.7 Å². The molecule has 0 aromatic carbocycles. The highest BCUT2D eigenvalue weighted by molar-refractivity contribution is 5.90. The highest BCUT2D eigenvalue weighted by atomic mass is 19.4. The number of aliphatic carboxylic acids is 1. The first-order valence-corrected chi connectivity index (χ1v) is 11.7.